The fraction of sp³-hybridized carbons (Fsp3) is 0.381. The number of imide groups is 1. The van der Waals surface area contributed by atoms with Crippen molar-refractivity contribution in [2.75, 3.05) is 0 Å². The van der Waals surface area contributed by atoms with E-state index >= 15 is 0 Å². The van der Waals surface area contributed by atoms with Crippen LogP contribution in [0.2, 0.25) is 0 Å². The minimum absolute atomic E-state index is 0.0627. The number of ether oxygens (including phenoxy) is 1. The number of hydrogen-bond acceptors (Lipinski definition) is 4. The third kappa shape index (κ3) is 5.06. The molecule has 1 fully saturated rings. The average Bonchev–Trinajstić information content (AvgIpc) is 3.14. The summed E-state index contributed by atoms with van der Waals surface area (Å²) in [5.41, 5.74) is 0.838. The van der Waals surface area contributed by atoms with Gasteiger partial charge >= 0.3 is 12.0 Å². The molecule has 0 saturated heterocycles. The molecule has 0 radical (unpaired) electrons. The van der Waals surface area contributed by atoms with Gasteiger partial charge in [-0.25, -0.2) is 4.79 Å². The van der Waals surface area contributed by atoms with Crippen molar-refractivity contribution in [3.63, 3.8) is 0 Å². The Hall–Kier alpha value is -2.89. The Bertz CT molecular complexity index is 838. The molecular weight excluding hydrogens is 344 g/mol. The number of esters is 1. The Kier molecular flexibility index (Phi) is 6.06. The van der Waals surface area contributed by atoms with Crippen molar-refractivity contribution >= 4 is 28.7 Å². The summed E-state index contributed by atoms with van der Waals surface area (Å²) in [5.74, 6) is -1.14. The molecule has 1 saturated carbocycles. The van der Waals surface area contributed by atoms with E-state index in [0.717, 1.165) is 42.0 Å². The molecule has 0 aromatic heterocycles. The standard InChI is InChI=1S/C21H24N2O4/c1-14(20(25)23-21(26)22-17-10-3-4-11-17)27-19(24)13-16-9-6-8-15-7-2-5-12-18(15)16/h2,5-9,12,14,17H,3-4,10-11,13H2,1H3,(H2,22,23,25,26)/t14-/m1/s1. The molecule has 27 heavy (non-hydrogen) atoms. The molecule has 0 spiro atoms. The molecule has 1 atom stereocenters. The predicted molar refractivity (Wildman–Crippen MR) is 102 cm³/mol. The lowest BCUT2D eigenvalue weighted by atomic mass is 10.0. The number of fused-ring (bicyclic) bond motifs is 1. The van der Waals surface area contributed by atoms with Gasteiger partial charge in [0, 0.05) is 6.04 Å². The largest absolute Gasteiger partial charge is 0.452 e. The Morgan fingerprint density at radius 3 is 2.56 bits per heavy atom. The summed E-state index contributed by atoms with van der Waals surface area (Å²) in [6, 6.07) is 13.1. The average molecular weight is 368 g/mol. The molecule has 3 rings (SSSR count). The zero-order valence-electron chi connectivity index (χ0n) is 15.4. The molecule has 2 N–H and O–H groups in total. The Morgan fingerprint density at radius 1 is 1.07 bits per heavy atom. The quantitative estimate of drug-likeness (QED) is 0.795. The van der Waals surface area contributed by atoms with E-state index in [1.54, 1.807) is 0 Å². The molecule has 6 nitrogen and oxygen atoms in total. The first-order valence-electron chi connectivity index (χ1n) is 9.30. The third-order valence-electron chi connectivity index (χ3n) is 4.82. The van der Waals surface area contributed by atoms with Gasteiger partial charge in [0.2, 0.25) is 0 Å². The zero-order valence-corrected chi connectivity index (χ0v) is 15.4. The first kappa shape index (κ1) is 18.9. The van der Waals surface area contributed by atoms with Crippen LogP contribution in [0.25, 0.3) is 10.8 Å². The van der Waals surface area contributed by atoms with Crippen molar-refractivity contribution in [3.05, 3.63) is 48.0 Å². The van der Waals surface area contributed by atoms with Crippen LogP contribution in [-0.2, 0) is 20.7 Å². The van der Waals surface area contributed by atoms with Gasteiger partial charge in [0.15, 0.2) is 6.10 Å². The summed E-state index contributed by atoms with van der Waals surface area (Å²) in [6.45, 7) is 1.46. The first-order valence-corrected chi connectivity index (χ1v) is 9.30. The highest BCUT2D eigenvalue weighted by atomic mass is 16.5. The van der Waals surface area contributed by atoms with Crippen molar-refractivity contribution in [2.45, 2.75) is 51.2 Å². The highest BCUT2D eigenvalue weighted by molar-refractivity contribution is 5.97. The van der Waals surface area contributed by atoms with Crippen molar-refractivity contribution in [3.8, 4) is 0 Å². The van der Waals surface area contributed by atoms with Crippen LogP contribution in [0.4, 0.5) is 4.79 Å². The van der Waals surface area contributed by atoms with Crippen molar-refractivity contribution in [2.24, 2.45) is 0 Å². The van der Waals surface area contributed by atoms with E-state index in [9.17, 15) is 14.4 Å². The Labute approximate surface area is 158 Å². The molecule has 1 aliphatic rings. The monoisotopic (exact) mass is 368 g/mol. The van der Waals surface area contributed by atoms with Gasteiger partial charge < -0.3 is 10.1 Å². The van der Waals surface area contributed by atoms with Gasteiger partial charge in [-0.3, -0.25) is 14.9 Å². The van der Waals surface area contributed by atoms with Crippen LogP contribution in [0, 0.1) is 0 Å². The second kappa shape index (κ2) is 8.66. The molecule has 0 heterocycles. The van der Waals surface area contributed by atoms with E-state index in [1.165, 1.54) is 6.92 Å². The lowest BCUT2D eigenvalue weighted by Crippen LogP contribution is -2.47. The molecule has 3 amide bonds. The Morgan fingerprint density at radius 2 is 1.78 bits per heavy atom. The molecule has 2 aromatic carbocycles. The maximum atomic E-state index is 12.2. The van der Waals surface area contributed by atoms with Gasteiger partial charge in [0.1, 0.15) is 0 Å². The smallest absolute Gasteiger partial charge is 0.321 e. The molecule has 2 aromatic rings. The fourth-order valence-corrected chi connectivity index (χ4v) is 3.40. The van der Waals surface area contributed by atoms with E-state index in [1.807, 2.05) is 42.5 Å². The lowest BCUT2D eigenvalue weighted by Gasteiger charge is -2.16. The number of benzene rings is 2. The Balaban J connectivity index is 1.52. The molecule has 0 aliphatic heterocycles. The number of amides is 3. The molecule has 0 bridgehead atoms. The van der Waals surface area contributed by atoms with E-state index in [-0.39, 0.29) is 12.5 Å². The van der Waals surface area contributed by atoms with E-state index in [0.29, 0.717) is 0 Å². The van der Waals surface area contributed by atoms with E-state index < -0.39 is 24.0 Å². The zero-order chi connectivity index (χ0) is 19.2. The molecule has 142 valence electrons. The summed E-state index contributed by atoms with van der Waals surface area (Å²) >= 11 is 0. The summed E-state index contributed by atoms with van der Waals surface area (Å²) in [5, 5.41) is 7.02. The summed E-state index contributed by atoms with van der Waals surface area (Å²) in [4.78, 5) is 36.2. The second-order valence-electron chi connectivity index (χ2n) is 6.89. The van der Waals surface area contributed by atoms with Gasteiger partial charge in [-0.2, -0.15) is 0 Å². The van der Waals surface area contributed by atoms with Crippen molar-refractivity contribution in [1.29, 1.82) is 0 Å². The molecular formula is C21H24N2O4. The van der Waals surface area contributed by atoms with Crippen molar-refractivity contribution < 1.29 is 19.1 Å². The summed E-state index contributed by atoms with van der Waals surface area (Å²) in [7, 11) is 0. The minimum Gasteiger partial charge on any atom is -0.452 e. The van der Waals surface area contributed by atoms with Gasteiger partial charge in [0.05, 0.1) is 6.42 Å². The number of urea groups is 1. The number of hydrogen-bond donors (Lipinski definition) is 2. The van der Waals surface area contributed by atoms with Gasteiger partial charge in [-0.15, -0.1) is 0 Å². The summed E-state index contributed by atoms with van der Waals surface area (Å²) in [6.07, 6.45) is 3.05. The van der Waals surface area contributed by atoms with Crippen LogP contribution in [0.15, 0.2) is 42.5 Å². The first-order chi connectivity index (χ1) is 13.0. The van der Waals surface area contributed by atoms with Gasteiger partial charge in [0.25, 0.3) is 5.91 Å². The summed E-state index contributed by atoms with van der Waals surface area (Å²) < 4.78 is 5.20. The molecule has 0 unspecified atom stereocenters. The maximum absolute atomic E-state index is 12.2. The predicted octanol–water partition coefficient (Wildman–Crippen LogP) is 3.08. The normalized spacial score (nSPS) is 15.3. The van der Waals surface area contributed by atoms with Crippen molar-refractivity contribution in [1.82, 2.24) is 10.6 Å². The minimum atomic E-state index is -1.04. The highest BCUT2D eigenvalue weighted by Crippen LogP contribution is 2.19. The van der Waals surface area contributed by atoms with Crippen LogP contribution >= 0.6 is 0 Å². The fourth-order valence-electron chi connectivity index (χ4n) is 3.40. The van der Waals surface area contributed by atoms with Crippen LogP contribution in [0.1, 0.15) is 38.2 Å². The number of nitrogens with one attached hydrogen (secondary N) is 2. The topological polar surface area (TPSA) is 84.5 Å². The third-order valence-corrected chi connectivity index (χ3v) is 4.82. The van der Waals surface area contributed by atoms with Crippen LogP contribution < -0.4 is 10.6 Å². The maximum Gasteiger partial charge on any atom is 0.321 e. The van der Waals surface area contributed by atoms with Crippen LogP contribution in [-0.4, -0.2) is 30.1 Å². The van der Waals surface area contributed by atoms with Crippen LogP contribution in [0.5, 0.6) is 0 Å². The number of carbonyl (C=O) groups excluding carboxylic acids is 3. The molecule has 1 aliphatic carbocycles. The van der Waals surface area contributed by atoms with Crippen LogP contribution in [0.3, 0.4) is 0 Å². The van der Waals surface area contributed by atoms with Gasteiger partial charge in [-0.05, 0) is 36.1 Å². The van der Waals surface area contributed by atoms with E-state index in [4.69, 9.17) is 4.74 Å². The SMILES string of the molecule is C[C@@H](OC(=O)Cc1cccc2ccccc12)C(=O)NC(=O)NC1CCCC1. The number of carbonyl (C=O) groups is 3. The van der Waals surface area contributed by atoms with Gasteiger partial charge in [-0.1, -0.05) is 55.3 Å². The number of rotatable bonds is 5. The second-order valence-corrected chi connectivity index (χ2v) is 6.89. The lowest BCUT2D eigenvalue weighted by molar-refractivity contribution is -0.153. The highest BCUT2D eigenvalue weighted by Gasteiger charge is 2.22. The molecule has 6 heteroatoms. The van der Waals surface area contributed by atoms with E-state index in [2.05, 4.69) is 10.6 Å².